The van der Waals surface area contributed by atoms with Crippen molar-refractivity contribution in [3.8, 4) is 0 Å². The number of amides is 1. The van der Waals surface area contributed by atoms with Crippen LogP contribution in [0.4, 0.5) is 0 Å². The first-order valence-corrected chi connectivity index (χ1v) is 16.4. The Bertz CT molecular complexity index is 671. The highest BCUT2D eigenvalue weighted by atomic mass is 16.4. The van der Waals surface area contributed by atoms with Crippen molar-refractivity contribution in [1.29, 1.82) is 0 Å². The Balaban J connectivity index is 0. The van der Waals surface area contributed by atoms with Gasteiger partial charge in [0.15, 0.2) is 5.60 Å². The van der Waals surface area contributed by atoms with Crippen molar-refractivity contribution in [3.63, 3.8) is 0 Å². The lowest BCUT2D eigenvalue weighted by molar-refractivity contribution is -0.170. The normalized spacial score (nSPS) is 11.0. The van der Waals surface area contributed by atoms with Crippen molar-refractivity contribution in [1.82, 2.24) is 10.6 Å². The number of aliphatic hydroxyl groups is 1. The number of nitrogens with one attached hydrogen (secondary N) is 2. The van der Waals surface area contributed by atoms with Gasteiger partial charge >= 0.3 is 17.9 Å². The number of carboxylic acid groups (broad SMARTS) is 3. The molecule has 42 heavy (non-hydrogen) atoms. The highest BCUT2D eigenvalue weighted by Gasteiger charge is 2.40. The number of rotatable bonds is 29. The largest absolute Gasteiger partial charge is 0.481 e. The summed E-state index contributed by atoms with van der Waals surface area (Å²) in [6.07, 6.45) is 25.9. The lowest BCUT2D eigenvalue weighted by atomic mass is 9.96. The maximum Gasteiger partial charge on any atom is 0.336 e. The number of hydrogen-bond acceptors (Lipinski definition) is 6. The van der Waals surface area contributed by atoms with Crippen LogP contribution in [0.1, 0.15) is 155 Å². The molecule has 0 heterocycles. The molecule has 10 heteroatoms. The third-order valence-corrected chi connectivity index (χ3v) is 7.22. The summed E-state index contributed by atoms with van der Waals surface area (Å²) in [5.74, 6) is -4.79. The molecular weight excluding hydrogens is 540 g/mol. The third-order valence-electron chi connectivity index (χ3n) is 7.22. The Morgan fingerprint density at radius 1 is 0.548 bits per heavy atom. The van der Waals surface area contributed by atoms with E-state index in [9.17, 15) is 19.2 Å². The molecule has 0 spiro atoms. The lowest BCUT2D eigenvalue weighted by Gasteiger charge is -2.18. The molecule has 0 saturated carbocycles. The van der Waals surface area contributed by atoms with Crippen molar-refractivity contribution in [2.24, 2.45) is 0 Å². The van der Waals surface area contributed by atoms with Gasteiger partial charge in [-0.15, -0.1) is 0 Å². The molecule has 1 amide bonds. The first kappa shape index (κ1) is 41.9. The van der Waals surface area contributed by atoms with Crippen molar-refractivity contribution < 1.29 is 39.6 Å². The smallest absolute Gasteiger partial charge is 0.336 e. The summed E-state index contributed by atoms with van der Waals surface area (Å²) in [6.45, 7) is 4.07. The number of aliphatic carboxylic acids is 3. The summed E-state index contributed by atoms with van der Waals surface area (Å²) >= 11 is 0. The predicted octanol–water partition coefficient (Wildman–Crippen LogP) is 6.29. The van der Waals surface area contributed by atoms with Crippen LogP contribution in [0.2, 0.25) is 0 Å². The maximum atomic E-state index is 11.7. The fourth-order valence-corrected chi connectivity index (χ4v) is 4.66. The van der Waals surface area contributed by atoms with Crippen LogP contribution in [-0.2, 0) is 19.2 Å². The molecule has 0 aliphatic rings. The van der Waals surface area contributed by atoms with Gasteiger partial charge in [-0.2, -0.15) is 0 Å². The molecule has 0 bridgehead atoms. The van der Waals surface area contributed by atoms with Gasteiger partial charge in [0.1, 0.15) is 0 Å². The fourth-order valence-electron chi connectivity index (χ4n) is 4.66. The maximum absolute atomic E-state index is 11.7. The minimum absolute atomic E-state index is 0.230. The van der Waals surface area contributed by atoms with E-state index in [2.05, 4.69) is 17.6 Å². The van der Waals surface area contributed by atoms with Crippen molar-refractivity contribution in [3.05, 3.63) is 0 Å². The molecule has 0 rings (SSSR count). The molecule has 0 aliphatic carbocycles. The minimum atomic E-state index is -2.74. The Kier molecular flexibility index (Phi) is 30.2. The zero-order chi connectivity index (χ0) is 31.9. The van der Waals surface area contributed by atoms with Gasteiger partial charge < -0.3 is 31.1 Å². The summed E-state index contributed by atoms with van der Waals surface area (Å²) in [4.78, 5) is 42.1. The number of carboxylic acids is 3. The predicted molar refractivity (Wildman–Crippen MR) is 167 cm³/mol. The van der Waals surface area contributed by atoms with E-state index in [0.29, 0.717) is 6.42 Å². The summed E-state index contributed by atoms with van der Waals surface area (Å²) in [5.41, 5.74) is -2.74. The van der Waals surface area contributed by atoms with E-state index in [1.54, 1.807) is 0 Å². The molecule has 0 unspecified atom stereocenters. The quantitative estimate of drug-likeness (QED) is 0.0538. The van der Waals surface area contributed by atoms with Gasteiger partial charge in [-0.05, 0) is 26.4 Å². The van der Waals surface area contributed by atoms with Gasteiger partial charge in [-0.25, -0.2) is 4.79 Å². The zero-order valence-corrected chi connectivity index (χ0v) is 26.6. The molecule has 0 fully saturated rings. The number of unbranched alkanes of at least 4 members (excludes halogenated alkanes) is 18. The standard InChI is InChI=1S/C26H54N2O.C6H8O7/c1-3-4-5-6-7-8-9-10-11-12-13-14-15-16-17-18-19-20-21-23-26(29)28-25-22-24-27-2;7-3(8)1-6(13,5(11)12)2-4(9)10/h27H,3-25H2,1-2H3,(H,28,29);13H,1-2H2,(H,7,8)(H,9,10)(H,11,12). The highest BCUT2D eigenvalue weighted by Crippen LogP contribution is 2.16. The first-order valence-electron chi connectivity index (χ1n) is 16.4. The number of hydrogen-bond donors (Lipinski definition) is 6. The van der Waals surface area contributed by atoms with Crippen LogP contribution in [0.5, 0.6) is 0 Å². The summed E-state index contributed by atoms with van der Waals surface area (Å²) in [5, 5.41) is 39.9. The molecule has 0 atom stereocenters. The van der Waals surface area contributed by atoms with E-state index in [0.717, 1.165) is 25.9 Å². The molecule has 0 aromatic carbocycles. The molecule has 0 aromatic heterocycles. The Morgan fingerprint density at radius 2 is 0.905 bits per heavy atom. The average molecular weight is 603 g/mol. The summed E-state index contributed by atoms with van der Waals surface area (Å²) < 4.78 is 0. The van der Waals surface area contributed by atoms with E-state index in [4.69, 9.17) is 20.4 Å². The molecular formula is C32H62N2O8. The topological polar surface area (TPSA) is 173 Å². The van der Waals surface area contributed by atoms with Crippen molar-refractivity contribution >= 4 is 23.8 Å². The Morgan fingerprint density at radius 3 is 1.21 bits per heavy atom. The minimum Gasteiger partial charge on any atom is -0.481 e. The highest BCUT2D eigenvalue weighted by molar-refractivity contribution is 5.88. The van der Waals surface area contributed by atoms with Crippen LogP contribution < -0.4 is 10.6 Å². The van der Waals surface area contributed by atoms with Crippen molar-refractivity contribution in [2.45, 2.75) is 160 Å². The number of carbonyl (C=O) groups excluding carboxylic acids is 1. The Labute approximate surface area is 254 Å². The molecule has 0 aliphatic heterocycles. The van der Waals surface area contributed by atoms with E-state index in [1.807, 2.05) is 7.05 Å². The third kappa shape index (κ3) is 30.8. The van der Waals surface area contributed by atoms with E-state index >= 15 is 0 Å². The van der Waals surface area contributed by atoms with E-state index in [-0.39, 0.29) is 5.91 Å². The van der Waals surface area contributed by atoms with E-state index in [1.165, 1.54) is 116 Å². The Hall–Kier alpha value is -2.20. The molecule has 6 N–H and O–H groups in total. The van der Waals surface area contributed by atoms with Crippen LogP contribution in [0.3, 0.4) is 0 Å². The SMILES string of the molecule is CCCCCCCCCCCCCCCCCCCCCC(=O)NCCCNC.O=C(O)CC(O)(CC(=O)O)C(=O)O. The second-order valence-corrected chi connectivity index (χ2v) is 11.4. The van der Waals surface area contributed by atoms with Gasteiger partial charge in [-0.3, -0.25) is 14.4 Å². The molecule has 0 aromatic rings. The monoisotopic (exact) mass is 602 g/mol. The van der Waals surface area contributed by atoms with Crippen LogP contribution in [0, 0.1) is 0 Å². The van der Waals surface area contributed by atoms with E-state index < -0.39 is 36.4 Å². The first-order chi connectivity index (χ1) is 20.1. The molecule has 248 valence electrons. The molecule has 0 saturated heterocycles. The van der Waals surface area contributed by atoms with Gasteiger partial charge in [0.05, 0.1) is 12.8 Å². The second-order valence-electron chi connectivity index (χ2n) is 11.4. The van der Waals surface area contributed by atoms with Crippen LogP contribution >= 0.6 is 0 Å². The van der Waals surface area contributed by atoms with Crippen LogP contribution in [0.15, 0.2) is 0 Å². The lowest BCUT2D eigenvalue weighted by Crippen LogP contribution is -2.42. The van der Waals surface area contributed by atoms with Gasteiger partial charge in [0, 0.05) is 13.0 Å². The average Bonchev–Trinajstić information content (AvgIpc) is 2.92. The summed E-state index contributed by atoms with van der Waals surface area (Å²) in [7, 11) is 1.94. The molecule has 10 nitrogen and oxygen atoms in total. The number of carbonyl (C=O) groups is 4. The van der Waals surface area contributed by atoms with Gasteiger partial charge in [0.25, 0.3) is 0 Å². The van der Waals surface area contributed by atoms with Crippen LogP contribution in [0.25, 0.3) is 0 Å². The molecule has 0 radical (unpaired) electrons. The van der Waals surface area contributed by atoms with Crippen molar-refractivity contribution in [2.75, 3.05) is 20.1 Å². The van der Waals surface area contributed by atoms with Gasteiger partial charge in [-0.1, -0.05) is 122 Å². The summed E-state index contributed by atoms with van der Waals surface area (Å²) in [6, 6.07) is 0. The second kappa shape index (κ2) is 30.3. The van der Waals surface area contributed by atoms with Crippen LogP contribution in [-0.4, -0.2) is 70.0 Å². The zero-order valence-electron chi connectivity index (χ0n) is 26.6. The fraction of sp³-hybridized carbons (Fsp3) is 0.875. The van der Waals surface area contributed by atoms with Gasteiger partial charge in [0.2, 0.25) is 5.91 Å².